The maximum absolute atomic E-state index is 13.0. The molecule has 0 bridgehead atoms. The molecule has 180 valence electrons. The molecular weight excluding hydrogens is 468 g/mol. The number of para-hydroxylation sites is 1. The molecule has 2 heterocycles. The van der Waals surface area contributed by atoms with Gasteiger partial charge in [-0.3, -0.25) is 14.3 Å². The largest absolute Gasteiger partial charge is 0.339 e. The highest BCUT2D eigenvalue weighted by atomic mass is 32.2. The fourth-order valence-corrected chi connectivity index (χ4v) is 5.12. The van der Waals surface area contributed by atoms with E-state index in [0.29, 0.717) is 29.6 Å². The highest BCUT2D eigenvalue weighted by molar-refractivity contribution is 7.99. The van der Waals surface area contributed by atoms with Crippen LogP contribution >= 0.6 is 11.8 Å². The molecule has 5 rings (SSSR count). The summed E-state index contributed by atoms with van der Waals surface area (Å²) in [7, 11) is 0. The molecular formula is C28H26N6OS. The van der Waals surface area contributed by atoms with Crippen LogP contribution in [0, 0.1) is 11.3 Å². The molecule has 1 amide bonds. The van der Waals surface area contributed by atoms with E-state index in [4.69, 9.17) is 5.26 Å². The summed E-state index contributed by atoms with van der Waals surface area (Å²) < 4.78 is 2.02. The van der Waals surface area contributed by atoms with Gasteiger partial charge < -0.3 is 4.90 Å². The second kappa shape index (κ2) is 11.2. The van der Waals surface area contributed by atoms with Crippen LogP contribution < -0.4 is 0 Å². The second-order valence-electron chi connectivity index (χ2n) is 8.60. The molecule has 0 unspecified atom stereocenters. The van der Waals surface area contributed by atoms with Crippen LogP contribution in [-0.2, 0) is 11.3 Å². The molecule has 0 spiro atoms. The lowest BCUT2D eigenvalue weighted by molar-refractivity contribution is -0.130. The quantitative estimate of drug-likeness (QED) is 0.358. The summed E-state index contributed by atoms with van der Waals surface area (Å²) in [6.07, 6.45) is 0. The van der Waals surface area contributed by atoms with Crippen LogP contribution in [-0.4, -0.2) is 62.4 Å². The summed E-state index contributed by atoms with van der Waals surface area (Å²) in [5.41, 5.74) is 3.79. The Morgan fingerprint density at radius 3 is 2.19 bits per heavy atom. The molecule has 0 radical (unpaired) electrons. The fourth-order valence-electron chi connectivity index (χ4n) is 4.26. The predicted octanol–water partition coefficient (Wildman–Crippen LogP) is 4.24. The van der Waals surface area contributed by atoms with Gasteiger partial charge in [0.25, 0.3) is 0 Å². The third-order valence-electron chi connectivity index (χ3n) is 6.22. The minimum Gasteiger partial charge on any atom is -0.339 e. The van der Waals surface area contributed by atoms with Crippen molar-refractivity contribution in [2.45, 2.75) is 11.7 Å². The van der Waals surface area contributed by atoms with E-state index < -0.39 is 0 Å². The Morgan fingerprint density at radius 2 is 1.53 bits per heavy atom. The topological polar surface area (TPSA) is 78.1 Å². The van der Waals surface area contributed by atoms with E-state index >= 15 is 0 Å². The van der Waals surface area contributed by atoms with Gasteiger partial charge in [0.15, 0.2) is 11.0 Å². The average Bonchev–Trinajstić information content (AvgIpc) is 3.37. The van der Waals surface area contributed by atoms with E-state index in [1.807, 2.05) is 94.4 Å². The van der Waals surface area contributed by atoms with Crippen molar-refractivity contribution >= 4 is 17.7 Å². The van der Waals surface area contributed by atoms with E-state index in [9.17, 15) is 4.79 Å². The first-order valence-electron chi connectivity index (χ1n) is 11.9. The van der Waals surface area contributed by atoms with Crippen LogP contribution in [0.5, 0.6) is 0 Å². The van der Waals surface area contributed by atoms with Crippen molar-refractivity contribution in [1.82, 2.24) is 24.6 Å². The third kappa shape index (κ3) is 5.48. The van der Waals surface area contributed by atoms with Crippen molar-refractivity contribution in [3.05, 3.63) is 96.1 Å². The Kier molecular flexibility index (Phi) is 7.41. The van der Waals surface area contributed by atoms with Crippen molar-refractivity contribution in [2.24, 2.45) is 0 Å². The van der Waals surface area contributed by atoms with Gasteiger partial charge in [-0.05, 0) is 29.8 Å². The molecule has 1 aromatic heterocycles. The number of piperazine rings is 1. The van der Waals surface area contributed by atoms with E-state index in [1.165, 1.54) is 17.3 Å². The number of rotatable bonds is 7. The van der Waals surface area contributed by atoms with Crippen molar-refractivity contribution in [3.63, 3.8) is 0 Å². The highest BCUT2D eigenvalue weighted by Crippen LogP contribution is 2.28. The average molecular weight is 495 g/mol. The standard InChI is InChI=1S/C28H26N6OS/c29-19-22-11-13-23(14-12-22)20-32-15-17-33(18-16-32)26(35)21-36-28-31-30-27(24-7-3-1-4-8-24)34(28)25-9-5-2-6-10-25/h1-14H,15-18,20-21H2. The molecule has 4 aromatic rings. The zero-order valence-electron chi connectivity index (χ0n) is 19.8. The highest BCUT2D eigenvalue weighted by Gasteiger charge is 2.23. The third-order valence-corrected chi connectivity index (χ3v) is 7.13. The Labute approximate surface area is 215 Å². The molecule has 1 fully saturated rings. The van der Waals surface area contributed by atoms with Gasteiger partial charge in [-0.2, -0.15) is 5.26 Å². The summed E-state index contributed by atoms with van der Waals surface area (Å²) in [5, 5.41) is 18.6. The molecule has 3 aromatic carbocycles. The Hall–Kier alpha value is -3.93. The Bertz CT molecular complexity index is 1340. The van der Waals surface area contributed by atoms with Gasteiger partial charge in [0.2, 0.25) is 5.91 Å². The van der Waals surface area contributed by atoms with E-state index in [0.717, 1.165) is 36.7 Å². The lowest BCUT2D eigenvalue weighted by atomic mass is 10.1. The summed E-state index contributed by atoms with van der Waals surface area (Å²) in [6.45, 7) is 3.89. The Balaban J connectivity index is 1.21. The van der Waals surface area contributed by atoms with Crippen molar-refractivity contribution in [1.29, 1.82) is 5.26 Å². The molecule has 0 N–H and O–H groups in total. The number of carbonyl (C=O) groups is 1. The molecule has 1 aliphatic heterocycles. The molecule has 7 nitrogen and oxygen atoms in total. The second-order valence-corrected chi connectivity index (χ2v) is 9.54. The maximum Gasteiger partial charge on any atom is 0.233 e. The van der Waals surface area contributed by atoms with Crippen molar-refractivity contribution in [2.75, 3.05) is 31.9 Å². The fraction of sp³-hybridized carbons (Fsp3) is 0.214. The molecule has 8 heteroatoms. The smallest absolute Gasteiger partial charge is 0.233 e. The van der Waals surface area contributed by atoms with Crippen LogP contribution in [0.2, 0.25) is 0 Å². The minimum atomic E-state index is 0.113. The summed E-state index contributed by atoms with van der Waals surface area (Å²) in [6, 6.07) is 29.8. The molecule has 0 saturated carbocycles. The number of carbonyl (C=O) groups excluding carboxylic acids is 1. The number of hydrogen-bond donors (Lipinski definition) is 0. The molecule has 1 saturated heterocycles. The number of nitriles is 1. The lowest BCUT2D eigenvalue weighted by Gasteiger charge is -2.34. The summed E-state index contributed by atoms with van der Waals surface area (Å²) in [5.74, 6) is 1.19. The zero-order valence-corrected chi connectivity index (χ0v) is 20.6. The SMILES string of the molecule is N#Cc1ccc(CN2CCN(C(=O)CSc3nnc(-c4ccccc4)n3-c3ccccc3)CC2)cc1. The molecule has 1 aliphatic rings. The monoisotopic (exact) mass is 494 g/mol. The van der Waals surface area contributed by atoms with Gasteiger partial charge in [0, 0.05) is 44.0 Å². The van der Waals surface area contributed by atoms with E-state index in [2.05, 4.69) is 21.2 Å². The van der Waals surface area contributed by atoms with Crippen LogP contribution in [0.1, 0.15) is 11.1 Å². The normalized spacial score (nSPS) is 13.9. The van der Waals surface area contributed by atoms with Gasteiger partial charge >= 0.3 is 0 Å². The van der Waals surface area contributed by atoms with Crippen LogP contribution in [0.15, 0.2) is 90.1 Å². The minimum absolute atomic E-state index is 0.113. The zero-order chi connectivity index (χ0) is 24.7. The number of hydrogen-bond acceptors (Lipinski definition) is 6. The molecule has 0 atom stereocenters. The predicted molar refractivity (Wildman–Crippen MR) is 141 cm³/mol. The van der Waals surface area contributed by atoms with Gasteiger partial charge in [0.1, 0.15) is 0 Å². The van der Waals surface area contributed by atoms with Gasteiger partial charge in [-0.15, -0.1) is 10.2 Å². The number of benzene rings is 3. The number of amides is 1. The summed E-state index contributed by atoms with van der Waals surface area (Å²) in [4.78, 5) is 17.3. The summed E-state index contributed by atoms with van der Waals surface area (Å²) >= 11 is 1.42. The first-order valence-corrected chi connectivity index (χ1v) is 12.9. The maximum atomic E-state index is 13.0. The first-order chi connectivity index (χ1) is 17.7. The van der Waals surface area contributed by atoms with Crippen LogP contribution in [0.25, 0.3) is 17.1 Å². The number of thioether (sulfide) groups is 1. The van der Waals surface area contributed by atoms with Gasteiger partial charge in [-0.1, -0.05) is 72.4 Å². The lowest BCUT2D eigenvalue weighted by Crippen LogP contribution is -2.48. The van der Waals surface area contributed by atoms with Crippen LogP contribution in [0.3, 0.4) is 0 Å². The van der Waals surface area contributed by atoms with Gasteiger partial charge in [0.05, 0.1) is 17.4 Å². The molecule has 36 heavy (non-hydrogen) atoms. The van der Waals surface area contributed by atoms with Crippen molar-refractivity contribution in [3.8, 4) is 23.1 Å². The van der Waals surface area contributed by atoms with E-state index in [1.54, 1.807) is 0 Å². The van der Waals surface area contributed by atoms with Crippen molar-refractivity contribution < 1.29 is 4.79 Å². The molecule has 0 aliphatic carbocycles. The Morgan fingerprint density at radius 1 is 0.861 bits per heavy atom. The number of nitrogens with zero attached hydrogens (tertiary/aromatic N) is 6. The van der Waals surface area contributed by atoms with Crippen LogP contribution in [0.4, 0.5) is 0 Å². The van der Waals surface area contributed by atoms with Gasteiger partial charge in [-0.25, -0.2) is 0 Å². The first kappa shape index (κ1) is 23.8. The van der Waals surface area contributed by atoms with E-state index in [-0.39, 0.29) is 5.91 Å². The number of aromatic nitrogens is 3.